The van der Waals surface area contributed by atoms with Gasteiger partial charge in [0.1, 0.15) is 0 Å². The van der Waals surface area contributed by atoms with E-state index in [1.807, 2.05) is 0 Å². The zero-order valence-electron chi connectivity index (χ0n) is 10.4. The smallest absolute Gasteiger partial charge is 0.335 e. The summed E-state index contributed by atoms with van der Waals surface area (Å²) in [7, 11) is 1.62. The number of hydrogen-bond donors (Lipinski definition) is 3. The zero-order valence-corrected chi connectivity index (χ0v) is 12.0. The second kappa shape index (κ2) is 7.10. The van der Waals surface area contributed by atoms with Gasteiger partial charge >= 0.3 is 12.0 Å². The number of halogens is 1. The lowest BCUT2D eigenvalue weighted by atomic mass is 10.2. The van der Waals surface area contributed by atoms with Gasteiger partial charge in [0.15, 0.2) is 0 Å². The van der Waals surface area contributed by atoms with Gasteiger partial charge in [-0.25, -0.2) is 9.59 Å². The average Bonchev–Trinajstić information content (AvgIpc) is 2.37. The number of nitrogens with zero attached hydrogens (tertiary/aromatic N) is 1. The van der Waals surface area contributed by atoms with Gasteiger partial charge in [0, 0.05) is 24.7 Å². The number of nitrogens with one attached hydrogen (secondary N) is 1. The minimum atomic E-state index is -1.03. The van der Waals surface area contributed by atoms with E-state index in [1.165, 1.54) is 23.1 Å². The van der Waals surface area contributed by atoms with Crippen molar-refractivity contribution >= 4 is 33.6 Å². The summed E-state index contributed by atoms with van der Waals surface area (Å²) in [4.78, 5) is 24.0. The number of urea groups is 1. The molecule has 0 aliphatic rings. The topological polar surface area (TPSA) is 89.9 Å². The molecule has 19 heavy (non-hydrogen) atoms. The highest BCUT2D eigenvalue weighted by molar-refractivity contribution is 9.10. The molecule has 1 aromatic carbocycles. The molecule has 0 aliphatic heterocycles. The number of aliphatic hydroxyl groups excluding tert-OH is 1. The summed E-state index contributed by atoms with van der Waals surface area (Å²) in [5.41, 5.74) is 0.629. The molecule has 0 saturated heterocycles. The van der Waals surface area contributed by atoms with Crippen molar-refractivity contribution < 1.29 is 19.8 Å². The van der Waals surface area contributed by atoms with E-state index >= 15 is 0 Å². The van der Waals surface area contributed by atoms with Gasteiger partial charge in [-0.1, -0.05) is 0 Å². The molecule has 104 valence electrons. The summed E-state index contributed by atoms with van der Waals surface area (Å²) in [6, 6.07) is 4.03. The normalized spacial score (nSPS) is 10.1. The number of carboxylic acids is 1. The molecule has 7 heteroatoms. The molecule has 1 rings (SSSR count). The van der Waals surface area contributed by atoms with Crippen LogP contribution < -0.4 is 5.32 Å². The van der Waals surface area contributed by atoms with E-state index < -0.39 is 5.97 Å². The standard InChI is InChI=1S/C12H15BrN2O4/c1-15(5-2-6-16)12(19)14-10-4-3-8(11(17)18)7-9(10)13/h3-4,7,16H,2,5-6H2,1H3,(H,14,19)(H,17,18). The molecule has 0 radical (unpaired) electrons. The van der Waals surface area contributed by atoms with Gasteiger partial charge in [-0.2, -0.15) is 0 Å². The average molecular weight is 331 g/mol. The maximum atomic E-state index is 11.8. The van der Waals surface area contributed by atoms with Crippen molar-refractivity contribution in [2.75, 3.05) is 25.5 Å². The predicted octanol–water partition coefficient (Wildman–Crippen LogP) is 1.99. The predicted molar refractivity (Wildman–Crippen MR) is 74.5 cm³/mol. The number of amides is 2. The number of hydrogen-bond acceptors (Lipinski definition) is 3. The zero-order chi connectivity index (χ0) is 14.4. The van der Waals surface area contributed by atoms with Crippen LogP contribution in [0.5, 0.6) is 0 Å². The molecule has 0 atom stereocenters. The Morgan fingerprint density at radius 1 is 1.42 bits per heavy atom. The lowest BCUT2D eigenvalue weighted by Crippen LogP contribution is -2.32. The van der Waals surface area contributed by atoms with E-state index in [9.17, 15) is 9.59 Å². The first-order valence-corrected chi connectivity index (χ1v) is 6.41. The Balaban J connectivity index is 2.72. The van der Waals surface area contributed by atoms with E-state index in [2.05, 4.69) is 21.2 Å². The summed E-state index contributed by atoms with van der Waals surface area (Å²) in [6.45, 7) is 0.460. The molecule has 0 fully saturated rings. The first-order chi connectivity index (χ1) is 8.95. The highest BCUT2D eigenvalue weighted by atomic mass is 79.9. The van der Waals surface area contributed by atoms with Gasteiger partial charge in [-0.15, -0.1) is 0 Å². The Labute approximate surface area is 119 Å². The van der Waals surface area contributed by atoms with Gasteiger partial charge in [-0.05, 0) is 40.5 Å². The number of carboxylic acid groups (broad SMARTS) is 1. The van der Waals surface area contributed by atoms with Crippen LogP contribution in [0.25, 0.3) is 0 Å². The Kier molecular flexibility index (Phi) is 5.78. The second-order valence-corrected chi connectivity index (χ2v) is 4.78. The van der Waals surface area contributed by atoms with Crippen molar-refractivity contribution in [1.82, 2.24) is 4.90 Å². The van der Waals surface area contributed by atoms with Crippen molar-refractivity contribution in [3.8, 4) is 0 Å². The Morgan fingerprint density at radius 3 is 2.63 bits per heavy atom. The lowest BCUT2D eigenvalue weighted by Gasteiger charge is -2.18. The third kappa shape index (κ3) is 4.53. The summed E-state index contributed by atoms with van der Waals surface area (Å²) in [6.07, 6.45) is 0.503. The van der Waals surface area contributed by atoms with Crippen LogP contribution in [0.1, 0.15) is 16.8 Å². The third-order valence-corrected chi connectivity index (χ3v) is 3.11. The molecule has 0 unspecified atom stereocenters. The number of rotatable bonds is 5. The second-order valence-electron chi connectivity index (χ2n) is 3.93. The number of carbonyl (C=O) groups excluding carboxylic acids is 1. The van der Waals surface area contributed by atoms with Crippen LogP contribution in [-0.4, -0.2) is 47.3 Å². The molecule has 6 nitrogen and oxygen atoms in total. The molecule has 0 spiro atoms. The highest BCUT2D eigenvalue weighted by Crippen LogP contribution is 2.24. The van der Waals surface area contributed by atoms with Crippen LogP contribution in [0.2, 0.25) is 0 Å². The van der Waals surface area contributed by atoms with E-state index in [0.29, 0.717) is 23.1 Å². The van der Waals surface area contributed by atoms with Gasteiger partial charge in [0.05, 0.1) is 11.3 Å². The van der Waals surface area contributed by atoms with Crippen molar-refractivity contribution in [2.45, 2.75) is 6.42 Å². The Bertz CT molecular complexity index is 479. The fourth-order valence-corrected chi connectivity index (χ4v) is 1.85. The first-order valence-electron chi connectivity index (χ1n) is 5.61. The van der Waals surface area contributed by atoms with E-state index in [-0.39, 0.29) is 18.2 Å². The fourth-order valence-electron chi connectivity index (χ4n) is 1.37. The molecular formula is C12H15BrN2O4. The van der Waals surface area contributed by atoms with Crippen LogP contribution in [0.3, 0.4) is 0 Å². The van der Waals surface area contributed by atoms with Gasteiger partial charge < -0.3 is 20.4 Å². The maximum absolute atomic E-state index is 11.8. The van der Waals surface area contributed by atoms with Crippen molar-refractivity contribution in [3.05, 3.63) is 28.2 Å². The highest BCUT2D eigenvalue weighted by Gasteiger charge is 2.12. The number of aromatic carboxylic acids is 1. The number of anilines is 1. The fraction of sp³-hybridized carbons (Fsp3) is 0.333. The van der Waals surface area contributed by atoms with Crippen molar-refractivity contribution in [1.29, 1.82) is 0 Å². The molecule has 0 heterocycles. The van der Waals surface area contributed by atoms with Gasteiger partial charge in [-0.3, -0.25) is 0 Å². The van der Waals surface area contributed by atoms with E-state index in [0.717, 1.165) is 0 Å². The first kappa shape index (κ1) is 15.5. The molecule has 0 bridgehead atoms. The monoisotopic (exact) mass is 330 g/mol. The minimum Gasteiger partial charge on any atom is -0.478 e. The number of benzene rings is 1. The van der Waals surface area contributed by atoms with Crippen LogP contribution in [0.4, 0.5) is 10.5 Å². The summed E-state index contributed by atoms with van der Waals surface area (Å²) >= 11 is 3.21. The molecule has 0 aliphatic carbocycles. The van der Waals surface area contributed by atoms with Crippen molar-refractivity contribution in [2.24, 2.45) is 0 Å². The van der Waals surface area contributed by atoms with Gasteiger partial charge in [0.25, 0.3) is 0 Å². The molecule has 0 aromatic heterocycles. The quantitative estimate of drug-likeness (QED) is 0.770. The maximum Gasteiger partial charge on any atom is 0.335 e. The summed E-state index contributed by atoms with van der Waals surface area (Å²) in [5, 5.41) is 20.2. The number of aliphatic hydroxyl groups is 1. The Hall–Kier alpha value is -1.60. The molecule has 1 aromatic rings. The van der Waals surface area contributed by atoms with E-state index in [4.69, 9.17) is 10.2 Å². The van der Waals surface area contributed by atoms with Gasteiger partial charge in [0.2, 0.25) is 0 Å². The minimum absolute atomic E-state index is 0.0224. The molecule has 2 amide bonds. The summed E-state index contributed by atoms with van der Waals surface area (Å²) < 4.78 is 0.497. The van der Waals surface area contributed by atoms with Crippen LogP contribution in [0.15, 0.2) is 22.7 Å². The SMILES string of the molecule is CN(CCCO)C(=O)Nc1ccc(C(=O)O)cc1Br. The largest absolute Gasteiger partial charge is 0.478 e. The lowest BCUT2D eigenvalue weighted by molar-refractivity contribution is 0.0697. The van der Waals surface area contributed by atoms with Crippen LogP contribution >= 0.6 is 15.9 Å². The molecule has 0 saturated carbocycles. The molecule has 3 N–H and O–H groups in total. The summed E-state index contributed by atoms with van der Waals surface area (Å²) in [5.74, 6) is -1.03. The van der Waals surface area contributed by atoms with Crippen molar-refractivity contribution in [3.63, 3.8) is 0 Å². The third-order valence-electron chi connectivity index (χ3n) is 2.46. The molecular weight excluding hydrogens is 316 g/mol. The van der Waals surface area contributed by atoms with E-state index in [1.54, 1.807) is 7.05 Å². The van der Waals surface area contributed by atoms with Crippen LogP contribution in [0, 0.1) is 0 Å². The van der Waals surface area contributed by atoms with Crippen LogP contribution in [-0.2, 0) is 0 Å². The number of carbonyl (C=O) groups is 2. The Morgan fingerprint density at radius 2 is 2.11 bits per heavy atom.